The normalized spacial score (nSPS) is 14.3. The zero-order valence-electron chi connectivity index (χ0n) is 22.3. The SMILES string of the molecule is Cc1c(/C=C2/SC(=S)N(c3cccc(C(=O)Nc4ccc(F)cc4)c3)C2=O)c2ccccc2n1Cc1ccccc1F. The van der Waals surface area contributed by atoms with E-state index in [2.05, 4.69) is 5.32 Å². The van der Waals surface area contributed by atoms with Crippen molar-refractivity contribution >= 4 is 68.5 Å². The Balaban J connectivity index is 1.31. The van der Waals surface area contributed by atoms with Gasteiger partial charge in [0.05, 0.1) is 17.1 Å². The van der Waals surface area contributed by atoms with E-state index in [0.29, 0.717) is 38.3 Å². The van der Waals surface area contributed by atoms with Crippen molar-refractivity contribution in [3.05, 3.63) is 136 Å². The summed E-state index contributed by atoms with van der Waals surface area (Å²) in [6, 6.07) is 26.6. The van der Waals surface area contributed by atoms with Crippen molar-refractivity contribution in [3.63, 3.8) is 0 Å². The highest BCUT2D eigenvalue weighted by molar-refractivity contribution is 8.27. The van der Waals surface area contributed by atoms with Gasteiger partial charge in [-0.05, 0) is 67.6 Å². The molecule has 0 atom stereocenters. The van der Waals surface area contributed by atoms with E-state index in [0.717, 1.165) is 22.2 Å². The molecule has 0 saturated carbocycles. The number of rotatable bonds is 6. The van der Waals surface area contributed by atoms with E-state index in [4.69, 9.17) is 12.2 Å². The van der Waals surface area contributed by atoms with Crippen molar-refractivity contribution in [1.82, 2.24) is 4.57 Å². The number of thiocarbonyl (C=S) groups is 1. The van der Waals surface area contributed by atoms with Crippen LogP contribution in [0, 0.1) is 18.6 Å². The molecule has 2 heterocycles. The van der Waals surface area contributed by atoms with Crippen LogP contribution in [-0.4, -0.2) is 20.7 Å². The van der Waals surface area contributed by atoms with Gasteiger partial charge in [-0.2, -0.15) is 0 Å². The largest absolute Gasteiger partial charge is 0.340 e. The number of halogens is 2. The van der Waals surface area contributed by atoms with Gasteiger partial charge < -0.3 is 9.88 Å². The molecule has 6 rings (SSSR count). The summed E-state index contributed by atoms with van der Waals surface area (Å²) in [5.74, 6) is -1.37. The van der Waals surface area contributed by atoms with Crippen molar-refractivity contribution in [3.8, 4) is 0 Å². The standard InChI is InChI=1S/C33H23F2N3O2S2/c1-20-27(26-10-3-5-12-29(26)37(20)19-22-7-2-4-11-28(22)35)18-30-32(40)38(33(41)42-30)25-9-6-8-21(17-25)31(39)36-24-15-13-23(34)14-16-24/h2-18H,19H2,1H3,(H,36,39)/b30-18+. The molecule has 5 nitrogen and oxygen atoms in total. The number of anilines is 2. The zero-order chi connectivity index (χ0) is 29.4. The molecule has 208 valence electrons. The molecular formula is C33H23F2N3O2S2. The summed E-state index contributed by atoms with van der Waals surface area (Å²) in [6.07, 6.45) is 1.83. The first-order valence-corrected chi connectivity index (χ1v) is 14.3. The highest BCUT2D eigenvalue weighted by atomic mass is 32.2. The molecule has 0 aliphatic carbocycles. The van der Waals surface area contributed by atoms with Crippen LogP contribution in [0.5, 0.6) is 0 Å². The van der Waals surface area contributed by atoms with Crippen molar-refractivity contribution < 1.29 is 18.4 Å². The number of nitrogens with zero attached hydrogens (tertiary/aromatic N) is 2. The lowest BCUT2D eigenvalue weighted by Crippen LogP contribution is -2.27. The molecule has 5 aromatic rings. The molecule has 1 N–H and O–H groups in total. The second kappa shape index (κ2) is 11.3. The monoisotopic (exact) mass is 595 g/mol. The van der Waals surface area contributed by atoms with Gasteiger partial charge in [0, 0.05) is 39.0 Å². The summed E-state index contributed by atoms with van der Waals surface area (Å²) < 4.78 is 30.1. The Kier molecular flexibility index (Phi) is 7.45. The van der Waals surface area contributed by atoms with Crippen LogP contribution >= 0.6 is 24.0 Å². The first kappa shape index (κ1) is 27.6. The molecule has 4 aromatic carbocycles. The molecular weight excluding hydrogens is 573 g/mol. The van der Waals surface area contributed by atoms with Gasteiger partial charge in [-0.3, -0.25) is 14.5 Å². The van der Waals surface area contributed by atoms with Gasteiger partial charge in [-0.15, -0.1) is 0 Å². The molecule has 1 aromatic heterocycles. The molecule has 1 saturated heterocycles. The number of aromatic nitrogens is 1. The fourth-order valence-corrected chi connectivity index (χ4v) is 6.27. The lowest BCUT2D eigenvalue weighted by atomic mass is 10.1. The third-order valence-corrected chi connectivity index (χ3v) is 8.41. The van der Waals surface area contributed by atoms with Gasteiger partial charge in [-0.25, -0.2) is 8.78 Å². The minimum absolute atomic E-state index is 0.273. The molecule has 0 spiro atoms. The molecule has 1 aliphatic heterocycles. The Labute approximate surface area is 250 Å². The van der Waals surface area contributed by atoms with Crippen LogP contribution in [0.25, 0.3) is 17.0 Å². The first-order valence-electron chi connectivity index (χ1n) is 13.1. The Morgan fingerprint density at radius 3 is 2.48 bits per heavy atom. The van der Waals surface area contributed by atoms with Gasteiger partial charge in [0.25, 0.3) is 11.8 Å². The van der Waals surface area contributed by atoms with Crippen LogP contribution in [0.15, 0.2) is 102 Å². The maximum Gasteiger partial charge on any atom is 0.270 e. The smallest absolute Gasteiger partial charge is 0.270 e. The lowest BCUT2D eigenvalue weighted by molar-refractivity contribution is -0.113. The highest BCUT2D eigenvalue weighted by Gasteiger charge is 2.34. The minimum Gasteiger partial charge on any atom is -0.340 e. The quantitative estimate of drug-likeness (QED) is 0.160. The van der Waals surface area contributed by atoms with Crippen LogP contribution in [0.4, 0.5) is 20.2 Å². The van der Waals surface area contributed by atoms with Gasteiger partial charge in [0.15, 0.2) is 4.32 Å². The van der Waals surface area contributed by atoms with Gasteiger partial charge >= 0.3 is 0 Å². The average molecular weight is 596 g/mol. The number of hydrogen-bond acceptors (Lipinski definition) is 4. The average Bonchev–Trinajstić information content (AvgIpc) is 3.42. The van der Waals surface area contributed by atoms with E-state index in [-0.39, 0.29) is 11.7 Å². The molecule has 1 fully saturated rings. The third-order valence-electron chi connectivity index (χ3n) is 7.10. The lowest BCUT2D eigenvalue weighted by Gasteiger charge is -2.15. The van der Waals surface area contributed by atoms with Gasteiger partial charge in [0.1, 0.15) is 11.6 Å². The fourth-order valence-electron chi connectivity index (χ4n) is 4.98. The Hall–Kier alpha value is -4.60. The maximum atomic E-state index is 14.5. The maximum absolute atomic E-state index is 14.5. The Morgan fingerprint density at radius 1 is 0.952 bits per heavy atom. The summed E-state index contributed by atoms with van der Waals surface area (Å²) in [4.78, 5) is 28.4. The summed E-state index contributed by atoms with van der Waals surface area (Å²) in [5.41, 5.74) is 4.49. The third kappa shape index (κ3) is 5.24. The number of fused-ring (bicyclic) bond motifs is 1. The van der Waals surface area contributed by atoms with Crippen molar-refractivity contribution in [1.29, 1.82) is 0 Å². The highest BCUT2D eigenvalue weighted by Crippen LogP contribution is 2.38. The summed E-state index contributed by atoms with van der Waals surface area (Å²) in [6.45, 7) is 2.30. The van der Waals surface area contributed by atoms with Gasteiger partial charge in [0.2, 0.25) is 0 Å². The minimum atomic E-state index is -0.401. The number of nitrogens with one attached hydrogen (secondary N) is 1. The first-order chi connectivity index (χ1) is 20.3. The Morgan fingerprint density at radius 2 is 1.69 bits per heavy atom. The summed E-state index contributed by atoms with van der Waals surface area (Å²) in [7, 11) is 0. The van der Waals surface area contributed by atoms with Crippen LogP contribution in [0.3, 0.4) is 0 Å². The topological polar surface area (TPSA) is 54.3 Å². The van der Waals surface area contributed by atoms with Crippen LogP contribution < -0.4 is 10.2 Å². The molecule has 1 aliphatic rings. The summed E-state index contributed by atoms with van der Waals surface area (Å²) in [5, 5.41) is 3.67. The van der Waals surface area contributed by atoms with Crippen LogP contribution in [0.1, 0.15) is 27.2 Å². The molecule has 0 bridgehead atoms. The molecule has 0 unspecified atom stereocenters. The predicted molar refractivity (Wildman–Crippen MR) is 169 cm³/mol. The van der Waals surface area contributed by atoms with E-state index < -0.39 is 11.7 Å². The predicted octanol–water partition coefficient (Wildman–Crippen LogP) is 7.93. The van der Waals surface area contributed by atoms with Crippen molar-refractivity contribution in [2.75, 3.05) is 10.2 Å². The molecule has 42 heavy (non-hydrogen) atoms. The molecule has 2 amide bonds. The number of para-hydroxylation sites is 1. The number of hydrogen-bond donors (Lipinski definition) is 1. The number of carbonyl (C=O) groups is 2. The van der Waals surface area contributed by atoms with E-state index in [9.17, 15) is 18.4 Å². The van der Waals surface area contributed by atoms with Gasteiger partial charge in [-0.1, -0.05) is 66.4 Å². The van der Waals surface area contributed by atoms with Crippen molar-refractivity contribution in [2.24, 2.45) is 0 Å². The molecule has 9 heteroatoms. The second-order valence-corrected chi connectivity index (χ2v) is 11.4. The van der Waals surface area contributed by atoms with E-state index in [1.54, 1.807) is 36.4 Å². The van der Waals surface area contributed by atoms with Crippen molar-refractivity contribution in [2.45, 2.75) is 13.5 Å². The van der Waals surface area contributed by atoms with Crippen LogP contribution in [0.2, 0.25) is 0 Å². The number of carbonyl (C=O) groups excluding carboxylic acids is 2. The zero-order valence-corrected chi connectivity index (χ0v) is 23.9. The van der Waals surface area contributed by atoms with Crippen LogP contribution in [-0.2, 0) is 11.3 Å². The van der Waals surface area contributed by atoms with E-state index >= 15 is 0 Å². The number of benzene rings is 4. The van der Waals surface area contributed by atoms with E-state index in [1.807, 2.05) is 47.9 Å². The second-order valence-electron chi connectivity index (χ2n) is 9.72. The fraction of sp³-hybridized carbons (Fsp3) is 0.0606. The molecule has 0 radical (unpaired) electrons. The van der Waals surface area contributed by atoms with E-state index in [1.165, 1.54) is 47.0 Å². The Bertz CT molecular complexity index is 1910. The number of thioether (sulfide) groups is 1. The number of amides is 2. The summed E-state index contributed by atoms with van der Waals surface area (Å²) >= 11 is 6.78.